The van der Waals surface area contributed by atoms with Gasteiger partial charge in [-0.15, -0.1) is 11.8 Å². The fraction of sp³-hybridized carbons (Fsp3) is 0.800. The maximum atomic E-state index is 11.7. The molecule has 1 aliphatic heterocycles. The SMILES string of the molecule is CCC1CSC(C(=O)OC(C)C)C1=NO. The second kappa shape index (κ2) is 5.39. The first-order valence-corrected chi connectivity index (χ1v) is 6.19. The molecule has 0 saturated carbocycles. The van der Waals surface area contributed by atoms with Crippen molar-refractivity contribution >= 4 is 23.4 Å². The van der Waals surface area contributed by atoms with Crippen molar-refractivity contribution in [3.8, 4) is 0 Å². The lowest BCUT2D eigenvalue weighted by Crippen LogP contribution is -2.30. The van der Waals surface area contributed by atoms with Gasteiger partial charge in [0.15, 0.2) is 0 Å². The molecular formula is C10H17NO3S. The third-order valence-corrected chi connectivity index (χ3v) is 3.69. The number of ether oxygens (including phenoxy) is 1. The van der Waals surface area contributed by atoms with Crippen molar-refractivity contribution in [3.05, 3.63) is 0 Å². The summed E-state index contributed by atoms with van der Waals surface area (Å²) in [6, 6.07) is 0. The van der Waals surface area contributed by atoms with Crippen LogP contribution in [0.3, 0.4) is 0 Å². The van der Waals surface area contributed by atoms with E-state index in [1.54, 1.807) is 0 Å². The zero-order valence-electron chi connectivity index (χ0n) is 9.27. The number of esters is 1. The van der Waals surface area contributed by atoms with Crippen LogP contribution in [0.2, 0.25) is 0 Å². The number of carbonyl (C=O) groups excluding carboxylic acids is 1. The first-order valence-electron chi connectivity index (χ1n) is 5.14. The highest BCUT2D eigenvalue weighted by Gasteiger charge is 2.38. The molecule has 86 valence electrons. The summed E-state index contributed by atoms with van der Waals surface area (Å²) in [4.78, 5) is 11.7. The first-order chi connectivity index (χ1) is 7.10. The van der Waals surface area contributed by atoms with E-state index in [4.69, 9.17) is 9.94 Å². The molecule has 5 heteroatoms. The molecule has 2 unspecified atom stereocenters. The Morgan fingerprint density at radius 2 is 2.40 bits per heavy atom. The molecule has 1 rings (SSSR count). The van der Waals surface area contributed by atoms with E-state index >= 15 is 0 Å². The molecule has 4 nitrogen and oxygen atoms in total. The van der Waals surface area contributed by atoms with Crippen molar-refractivity contribution in [3.63, 3.8) is 0 Å². The van der Waals surface area contributed by atoms with Crippen LogP contribution in [0.15, 0.2) is 5.16 Å². The molecule has 0 aromatic carbocycles. The van der Waals surface area contributed by atoms with Crippen LogP contribution in [-0.4, -0.2) is 34.0 Å². The molecule has 0 spiro atoms. The Labute approximate surface area is 94.1 Å². The van der Waals surface area contributed by atoms with Crippen LogP contribution in [0.5, 0.6) is 0 Å². The molecule has 0 aromatic heterocycles. The Morgan fingerprint density at radius 3 is 2.87 bits per heavy atom. The number of hydrogen-bond donors (Lipinski definition) is 1. The Kier molecular flexibility index (Phi) is 4.45. The smallest absolute Gasteiger partial charge is 0.325 e. The number of hydrogen-bond acceptors (Lipinski definition) is 5. The van der Waals surface area contributed by atoms with E-state index < -0.39 is 5.25 Å². The summed E-state index contributed by atoms with van der Waals surface area (Å²) in [6.45, 7) is 5.64. The van der Waals surface area contributed by atoms with Crippen LogP contribution in [0.4, 0.5) is 0 Å². The van der Waals surface area contributed by atoms with Crippen molar-refractivity contribution in [1.29, 1.82) is 0 Å². The molecule has 0 aromatic rings. The maximum absolute atomic E-state index is 11.7. The lowest BCUT2D eigenvalue weighted by Gasteiger charge is -2.13. The van der Waals surface area contributed by atoms with Gasteiger partial charge in [0.25, 0.3) is 0 Å². The normalized spacial score (nSPS) is 28.7. The summed E-state index contributed by atoms with van der Waals surface area (Å²) >= 11 is 1.49. The van der Waals surface area contributed by atoms with Crippen molar-refractivity contribution in [2.75, 3.05) is 5.75 Å². The van der Waals surface area contributed by atoms with Gasteiger partial charge in [0.05, 0.1) is 11.8 Å². The van der Waals surface area contributed by atoms with Crippen molar-refractivity contribution in [1.82, 2.24) is 0 Å². The zero-order valence-corrected chi connectivity index (χ0v) is 10.1. The molecule has 2 atom stereocenters. The third-order valence-electron chi connectivity index (χ3n) is 2.33. The highest BCUT2D eigenvalue weighted by Crippen LogP contribution is 2.32. The topological polar surface area (TPSA) is 58.9 Å². The van der Waals surface area contributed by atoms with E-state index in [1.165, 1.54) is 11.8 Å². The summed E-state index contributed by atoms with van der Waals surface area (Å²) in [5, 5.41) is 11.7. The number of nitrogens with zero attached hydrogens (tertiary/aromatic N) is 1. The Balaban J connectivity index is 2.67. The van der Waals surface area contributed by atoms with E-state index in [2.05, 4.69) is 5.16 Å². The van der Waals surface area contributed by atoms with Crippen LogP contribution >= 0.6 is 11.8 Å². The summed E-state index contributed by atoms with van der Waals surface area (Å²) in [6.07, 6.45) is 0.761. The second-order valence-electron chi connectivity index (χ2n) is 3.83. The molecule has 1 saturated heterocycles. The number of thioether (sulfide) groups is 1. The van der Waals surface area contributed by atoms with Gasteiger partial charge in [0.1, 0.15) is 5.25 Å². The second-order valence-corrected chi connectivity index (χ2v) is 4.97. The summed E-state index contributed by atoms with van der Waals surface area (Å²) in [5.41, 5.74) is 0.563. The van der Waals surface area contributed by atoms with Gasteiger partial charge in [0, 0.05) is 11.7 Å². The fourth-order valence-electron chi connectivity index (χ4n) is 1.54. The van der Waals surface area contributed by atoms with Gasteiger partial charge in [-0.25, -0.2) is 0 Å². The van der Waals surface area contributed by atoms with Crippen LogP contribution in [-0.2, 0) is 9.53 Å². The highest BCUT2D eigenvalue weighted by molar-refractivity contribution is 8.01. The minimum atomic E-state index is -0.414. The van der Waals surface area contributed by atoms with Crippen LogP contribution in [0.1, 0.15) is 27.2 Å². The van der Waals surface area contributed by atoms with Crippen molar-refractivity contribution in [2.45, 2.75) is 38.5 Å². The van der Waals surface area contributed by atoms with Crippen molar-refractivity contribution < 1.29 is 14.7 Å². The molecule has 15 heavy (non-hydrogen) atoms. The molecule has 0 bridgehead atoms. The van der Waals surface area contributed by atoms with Gasteiger partial charge in [-0.1, -0.05) is 12.1 Å². The van der Waals surface area contributed by atoms with Crippen LogP contribution in [0, 0.1) is 5.92 Å². The molecule has 0 aliphatic carbocycles. The van der Waals surface area contributed by atoms with Crippen LogP contribution in [0.25, 0.3) is 0 Å². The minimum Gasteiger partial charge on any atom is -0.462 e. The minimum absolute atomic E-state index is 0.126. The molecule has 1 N–H and O–H groups in total. The molecular weight excluding hydrogens is 214 g/mol. The van der Waals surface area contributed by atoms with Gasteiger partial charge in [-0.3, -0.25) is 4.79 Å². The van der Waals surface area contributed by atoms with Crippen LogP contribution < -0.4 is 0 Å². The third kappa shape index (κ3) is 2.87. The monoisotopic (exact) mass is 231 g/mol. The molecule has 1 fully saturated rings. The predicted molar refractivity (Wildman–Crippen MR) is 60.5 cm³/mol. The Hall–Kier alpha value is -0.710. The number of oxime groups is 1. The summed E-state index contributed by atoms with van der Waals surface area (Å²) in [5.74, 6) is 0.733. The van der Waals surface area contributed by atoms with E-state index in [0.29, 0.717) is 5.71 Å². The van der Waals surface area contributed by atoms with E-state index in [1.807, 2.05) is 20.8 Å². The van der Waals surface area contributed by atoms with Crippen molar-refractivity contribution in [2.24, 2.45) is 11.1 Å². The molecule has 0 radical (unpaired) electrons. The predicted octanol–water partition coefficient (Wildman–Crippen LogP) is 1.91. The van der Waals surface area contributed by atoms with E-state index in [9.17, 15) is 4.79 Å². The van der Waals surface area contributed by atoms with Gasteiger partial charge < -0.3 is 9.94 Å². The van der Waals surface area contributed by atoms with Gasteiger partial charge in [-0.05, 0) is 20.3 Å². The fourth-order valence-corrected chi connectivity index (χ4v) is 2.97. The summed E-state index contributed by atoms with van der Waals surface area (Å²) < 4.78 is 5.11. The van der Waals surface area contributed by atoms with E-state index in [-0.39, 0.29) is 18.0 Å². The van der Waals surface area contributed by atoms with E-state index in [0.717, 1.165) is 12.2 Å². The lowest BCUT2D eigenvalue weighted by molar-refractivity contribution is -0.145. The molecule has 0 amide bonds. The largest absolute Gasteiger partial charge is 0.462 e. The van der Waals surface area contributed by atoms with Gasteiger partial charge in [0.2, 0.25) is 0 Å². The summed E-state index contributed by atoms with van der Waals surface area (Å²) in [7, 11) is 0. The number of rotatable bonds is 3. The maximum Gasteiger partial charge on any atom is 0.325 e. The quantitative estimate of drug-likeness (QED) is 0.458. The Bertz CT molecular complexity index is 265. The average molecular weight is 231 g/mol. The van der Waals surface area contributed by atoms with Gasteiger partial charge in [-0.2, -0.15) is 0 Å². The molecule has 1 aliphatic rings. The standard InChI is InChI=1S/C10H17NO3S/c1-4-7-5-15-9(8(7)11-13)10(12)14-6(2)3/h6-7,9,13H,4-5H2,1-3H3. The highest BCUT2D eigenvalue weighted by atomic mass is 32.2. The lowest BCUT2D eigenvalue weighted by atomic mass is 10.0. The Morgan fingerprint density at radius 1 is 1.73 bits per heavy atom. The first kappa shape index (κ1) is 12.4. The number of carbonyl (C=O) groups is 1. The zero-order chi connectivity index (χ0) is 11.4. The molecule has 1 heterocycles. The average Bonchev–Trinajstić information content (AvgIpc) is 2.58. The van der Waals surface area contributed by atoms with Gasteiger partial charge >= 0.3 is 5.97 Å².